The first kappa shape index (κ1) is 18.7. The predicted molar refractivity (Wildman–Crippen MR) is 94.6 cm³/mol. The summed E-state index contributed by atoms with van der Waals surface area (Å²) in [5, 5.41) is -0.303. The lowest BCUT2D eigenvalue weighted by molar-refractivity contribution is -0.137. The van der Waals surface area contributed by atoms with Gasteiger partial charge in [-0.1, -0.05) is 58.0 Å². The van der Waals surface area contributed by atoms with Crippen molar-refractivity contribution in [3.05, 3.63) is 52.4 Å². The molecule has 0 aliphatic carbocycles. The molecular formula is C13H3Cl5F3I. The minimum Gasteiger partial charge on any atom is -0.166 e. The second-order valence-electron chi connectivity index (χ2n) is 4.14. The summed E-state index contributed by atoms with van der Waals surface area (Å²) in [6.07, 6.45) is -4.50. The number of hydrogen-bond donors (Lipinski definition) is 0. The first-order chi connectivity index (χ1) is 10.1. The lowest BCUT2D eigenvalue weighted by Crippen LogP contribution is -2.05. The molecule has 0 amide bonds. The third-order valence-corrected chi connectivity index (χ3v) is 5.99. The zero-order valence-corrected chi connectivity index (χ0v) is 16.1. The van der Waals surface area contributed by atoms with Crippen molar-refractivity contribution in [1.82, 2.24) is 0 Å². The van der Waals surface area contributed by atoms with Crippen LogP contribution in [0.5, 0.6) is 0 Å². The van der Waals surface area contributed by atoms with Crippen molar-refractivity contribution in [1.29, 1.82) is 0 Å². The number of hydrogen-bond acceptors (Lipinski definition) is 0. The summed E-state index contributed by atoms with van der Waals surface area (Å²) >= 11 is 31.9. The average molecular weight is 520 g/mol. The van der Waals surface area contributed by atoms with Crippen molar-refractivity contribution < 1.29 is 13.2 Å². The van der Waals surface area contributed by atoms with E-state index in [-0.39, 0.29) is 36.2 Å². The van der Waals surface area contributed by atoms with Crippen molar-refractivity contribution in [2.24, 2.45) is 0 Å². The Bertz CT molecular complexity index is 729. The molecule has 0 unspecified atom stereocenters. The topological polar surface area (TPSA) is 0 Å². The fourth-order valence-corrected chi connectivity index (χ4v) is 3.68. The molecule has 0 spiro atoms. The van der Waals surface area contributed by atoms with Gasteiger partial charge in [-0.2, -0.15) is 13.2 Å². The van der Waals surface area contributed by atoms with Gasteiger partial charge >= 0.3 is 6.18 Å². The van der Waals surface area contributed by atoms with E-state index in [9.17, 15) is 13.2 Å². The summed E-state index contributed by atoms with van der Waals surface area (Å²) in [4.78, 5) is 0. The first-order valence-electron chi connectivity index (χ1n) is 5.44. The highest BCUT2D eigenvalue weighted by molar-refractivity contribution is 14.1. The third-order valence-electron chi connectivity index (χ3n) is 2.77. The summed E-state index contributed by atoms with van der Waals surface area (Å²) < 4.78 is 39.2. The van der Waals surface area contributed by atoms with Gasteiger partial charge in [-0.15, -0.1) is 0 Å². The molecule has 0 nitrogen and oxygen atoms in total. The number of alkyl halides is 3. The van der Waals surface area contributed by atoms with Gasteiger partial charge in [0.2, 0.25) is 0 Å². The Balaban J connectivity index is 2.83. The van der Waals surface area contributed by atoms with E-state index in [2.05, 4.69) is 0 Å². The van der Waals surface area contributed by atoms with Gasteiger partial charge in [-0.25, -0.2) is 0 Å². The summed E-state index contributed by atoms with van der Waals surface area (Å²) in [6.45, 7) is 0. The van der Waals surface area contributed by atoms with Crippen molar-refractivity contribution in [2.75, 3.05) is 0 Å². The molecule has 2 aromatic carbocycles. The van der Waals surface area contributed by atoms with Gasteiger partial charge in [-0.05, 0) is 46.4 Å². The lowest BCUT2D eigenvalue weighted by atomic mass is 10.0. The van der Waals surface area contributed by atoms with Crippen LogP contribution in [0.1, 0.15) is 5.56 Å². The minimum atomic E-state index is -4.50. The molecule has 22 heavy (non-hydrogen) atoms. The molecule has 0 atom stereocenters. The van der Waals surface area contributed by atoms with Gasteiger partial charge in [0.1, 0.15) is 0 Å². The van der Waals surface area contributed by atoms with Crippen molar-refractivity contribution in [3.63, 3.8) is 0 Å². The molecule has 0 heterocycles. The van der Waals surface area contributed by atoms with E-state index in [1.54, 1.807) is 0 Å². The van der Waals surface area contributed by atoms with Crippen LogP contribution in [0.3, 0.4) is 0 Å². The van der Waals surface area contributed by atoms with Crippen molar-refractivity contribution in [2.45, 2.75) is 6.18 Å². The fourth-order valence-electron chi connectivity index (χ4n) is 1.73. The number of benzene rings is 2. The summed E-state index contributed by atoms with van der Waals surface area (Å²) in [6, 6.07) is 3.21. The largest absolute Gasteiger partial charge is 0.416 e. The maximum atomic E-state index is 12.9. The highest BCUT2D eigenvalue weighted by atomic mass is 127. The zero-order valence-electron chi connectivity index (χ0n) is 10.1. The molecule has 0 bridgehead atoms. The summed E-state index contributed by atoms with van der Waals surface area (Å²) in [7, 11) is 0. The Kier molecular flexibility index (Phi) is 5.73. The molecule has 0 aliphatic rings. The minimum absolute atomic E-state index is 0.0518. The quantitative estimate of drug-likeness (QED) is 0.202. The average Bonchev–Trinajstić information content (AvgIpc) is 2.44. The van der Waals surface area contributed by atoms with Crippen LogP contribution in [-0.4, -0.2) is 0 Å². The molecule has 2 aromatic rings. The SMILES string of the molecule is FC(F)(F)c1ccc(I)c(-c2c(Cl)c(Cl)c(Cl)c(Cl)c2Cl)c1. The van der Waals surface area contributed by atoms with Crippen LogP contribution >= 0.6 is 80.6 Å². The Morgan fingerprint density at radius 1 is 0.773 bits per heavy atom. The molecule has 2 rings (SSSR count). The maximum absolute atomic E-state index is 12.9. The smallest absolute Gasteiger partial charge is 0.166 e. The standard InChI is InChI=1S/C13H3Cl5F3I/c14-8-7(9(15)11(17)12(18)10(8)16)5-3-4(13(19,20)21)1-2-6(5)22/h1-3H. The molecule has 0 saturated carbocycles. The Hall–Kier alpha value is 0.410. The lowest BCUT2D eigenvalue weighted by Gasteiger charge is -2.16. The van der Waals surface area contributed by atoms with Gasteiger partial charge in [-0.3, -0.25) is 0 Å². The molecular weight excluding hydrogens is 517 g/mol. The number of rotatable bonds is 1. The molecule has 0 aliphatic heterocycles. The van der Waals surface area contributed by atoms with Gasteiger partial charge in [0.25, 0.3) is 0 Å². The fraction of sp³-hybridized carbons (Fsp3) is 0.0769. The molecule has 9 heteroatoms. The molecule has 0 fully saturated rings. The van der Waals surface area contributed by atoms with Crippen LogP contribution in [0.2, 0.25) is 25.1 Å². The van der Waals surface area contributed by atoms with Gasteiger partial charge < -0.3 is 0 Å². The van der Waals surface area contributed by atoms with Crippen molar-refractivity contribution >= 4 is 80.6 Å². The molecule has 118 valence electrons. The predicted octanol–water partition coefficient (Wildman–Crippen LogP) is 8.24. The van der Waals surface area contributed by atoms with Crippen LogP contribution < -0.4 is 0 Å². The van der Waals surface area contributed by atoms with Crippen LogP contribution in [0, 0.1) is 3.57 Å². The Morgan fingerprint density at radius 2 is 1.23 bits per heavy atom. The van der Waals surface area contributed by atoms with Crippen LogP contribution in [0.4, 0.5) is 13.2 Å². The third kappa shape index (κ3) is 3.42. The Morgan fingerprint density at radius 3 is 1.68 bits per heavy atom. The second kappa shape index (κ2) is 6.73. The van der Waals surface area contributed by atoms with E-state index in [0.29, 0.717) is 3.57 Å². The molecule has 0 aromatic heterocycles. The number of halogens is 9. The Labute approximate surface area is 162 Å². The van der Waals surface area contributed by atoms with Gasteiger partial charge in [0.05, 0.1) is 30.7 Å². The molecule has 0 N–H and O–H groups in total. The van der Waals surface area contributed by atoms with Crippen molar-refractivity contribution in [3.8, 4) is 11.1 Å². The van der Waals surface area contributed by atoms with E-state index >= 15 is 0 Å². The van der Waals surface area contributed by atoms with E-state index < -0.39 is 11.7 Å². The normalized spacial score (nSPS) is 11.9. The monoisotopic (exact) mass is 518 g/mol. The molecule has 0 saturated heterocycles. The highest BCUT2D eigenvalue weighted by Gasteiger charge is 2.32. The van der Waals surface area contributed by atoms with Gasteiger partial charge in [0, 0.05) is 9.13 Å². The summed E-state index contributed by atoms with van der Waals surface area (Å²) in [5.74, 6) is 0. The second-order valence-corrected chi connectivity index (χ2v) is 7.19. The first-order valence-corrected chi connectivity index (χ1v) is 8.41. The van der Waals surface area contributed by atoms with Crippen LogP contribution in [-0.2, 0) is 6.18 Å². The zero-order chi connectivity index (χ0) is 16.8. The van der Waals surface area contributed by atoms with E-state index in [4.69, 9.17) is 58.0 Å². The highest BCUT2D eigenvalue weighted by Crippen LogP contribution is 2.49. The van der Waals surface area contributed by atoms with E-state index in [1.165, 1.54) is 6.07 Å². The summed E-state index contributed by atoms with van der Waals surface area (Å²) in [5.41, 5.74) is -0.554. The molecule has 0 radical (unpaired) electrons. The maximum Gasteiger partial charge on any atom is 0.416 e. The van der Waals surface area contributed by atoms with E-state index in [0.717, 1.165) is 12.1 Å². The van der Waals surface area contributed by atoms with Crippen LogP contribution in [0.25, 0.3) is 11.1 Å². The van der Waals surface area contributed by atoms with E-state index in [1.807, 2.05) is 22.6 Å². The van der Waals surface area contributed by atoms with Crippen LogP contribution in [0.15, 0.2) is 18.2 Å². The van der Waals surface area contributed by atoms with Gasteiger partial charge in [0.15, 0.2) is 0 Å².